The Balaban J connectivity index is 1.90. The van der Waals surface area contributed by atoms with Crippen molar-refractivity contribution in [2.75, 3.05) is 17.7 Å². The van der Waals surface area contributed by atoms with E-state index in [4.69, 9.17) is 4.74 Å². The molecule has 3 aromatic rings. The first kappa shape index (κ1) is 17.5. The number of nitrogens with zero attached hydrogens (tertiary/aromatic N) is 2. The van der Waals surface area contributed by atoms with Gasteiger partial charge in [0, 0.05) is 17.6 Å². The molecule has 8 heteroatoms. The van der Waals surface area contributed by atoms with Gasteiger partial charge in [0.2, 0.25) is 5.95 Å². The van der Waals surface area contributed by atoms with E-state index >= 15 is 0 Å². The van der Waals surface area contributed by atoms with Gasteiger partial charge in [-0.25, -0.2) is 4.98 Å². The lowest BCUT2D eigenvalue weighted by Crippen LogP contribution is -2.12. The minimum absolute atomic E-state index is 0.0431. The molecule has 0 saturated heterocycles. The number of ether oxygens (including phenoxy) is 1. The Morgan fingerprint density at radius 3 is 2.15 bits per heavy atom. The molecular weight excluding hydrogens is 345 g/mol. The van der Waals surface area contributed by atoms with Crippen LogP contribution in [0.4, 0.5) is 36.3 Å². The molecule has 0 amide bonds. The smallest absolute Gasteiger partial charge is 0.421 e. The van der Waals surface area contributed by atoms with E-state index in [2.05, 4.69) is 20.6 Å². The van der Waals surface area contributed by atoms with Crippen LogP contribution in [0, 0.1) is 0 Å². The molecule has 2 N–H and O–H groups in total. The van der Waals surface area contributed by atoms with Crippen molar-refractivity contribution in [3.05, 3.63) is 66.4 Å². The predicted octanol–water partition coefficient (Wildman–Crippen LogP) is 4.99. The molecule has 0 spiro atoms. The zero-order chi connectivity index (χ0) is 18.6. The first-order chi connectivity index (χ1) is 12.5. The molecule has 0 radical (unpaired) electrons. The molecule has 3 rings (SSSR count). The van der Waals surface area contributed by atoms with Crippen molar-refractivity contribution in [2.24, 2.45) is 0 Å². The molecular formula is C18H15F3N4O. The van der Waals surface area contributed by atoms with Crippen LogP contribution in [0.15, 0.2) is 60.8 Å². The summed E-state index contributed by atoms with van der Waals surface area (Å²) in [4.78, 5) is 7.76. The van der Waals surface area contributed by atoms with Gasteiger partial charge in [0.1, 0.15) is 17.1 Å². The minimum atomic E-state index is -4.57. The van der Waals surface area contributed by atoms with E-state index in [9.17, 15) is 13.2 Å². The number of alkyl halides is 3. The number of hydrogen-bond donors (Lipinski definition) is 2. The van der Waals surface area contributed by atoms with Gasteiger partial charge >= 0.3 is 6.18 Å². The monoisotopic (exact) mass is 360 g/mol. The number of benzene rings is 2. The maximum absolute atomic E-state index is 13.2. The highest BCUT2D eigenvalue weighted by Gasteiger charge is 2.35. The summed E-state index contributed by atoms with van der Waals surface area (Å²) < 4.78 is 44.8. The van der Waals surface area contributed by atoms with E-state index in [-0.39, 0.29) is 11.8 Å². The van der Waals surface area contributed by atoms with E-state index in [1.54, 1.807) is 61.7 Å². The van der Waals surface area contributed by atoms with Crippen LogP contribution in [-0.2, 0) is 6.18 Å². The van der Waals surface area contributed by atoms with Crippen molar-refractivity contribution in [3.8, 4) is 5.75 Å². The molecule has 1 aromatic heterocycles. The molecule has 5 nitrogen and oxygen atoms in total. The Bertz CT molecular complexity index is 868. The lowest BCUT2D eigenvalue weighted by molar-refractivity contribution is -0.137. The van der Waals surface area contributed by atoms with E-state index in [0.29, 0.717) is 17.1 Å². The van der Waals surface area contributed by atoms with Gasteiger partial charge in [-0.05, 0) is 36.4 Å². The number of rotatable bonds is 5. The summed E-state index contributed by atoms with van der Waals surface area (Å²) in [7, 11) is 1.54. The SMILES string of the molecule is COc1ccc(Nc2ncc(C(F)(F)F)c(Nc3ccccc3)n2)cc1. The molecule has 0 saturated carbocycles. The Morgan fingerprint density at radius 2 is 1.54 bits per heavy atom. The Kier molecular flexibility index (Phi) is 4.92. The molecule has 0 bridgehead atoms. The third-order valence-electron chi connectivity index (χ3n) is 3.48. The average Bonchev–Trinajstić information content (AvgIpc) is 2.62. The van der Waals surface area contributed by atoms with Crippen molar-refractivity contribution in [1.82, 2.24) is 9.97 Å². The summed E-state index contributed by atoms with van der Waals surface area (Å²) in [6, 6.07) is 15.4. The van der Waals surface area contributed by atoms with Crippen LogP contribution < -0.4 is 15.4 Å². The third kappa shape index (κ3) is 4.21. The molecule has 134 valence electrons. The summed E-state index contributed by atoms with van der Waals surface area (Å²) in [5.41, 5.74) is 0.171. The van der Waals surface area contributed by atoms with Crippen LogP contribution in [0.1, 0.15) is 5.56 Å². The van der Waals surface area contributed by atoms with Gasteiger partial charge < -0.3 is 15.4 Å². The van der Waals surface area contributed by atoms with Crippen LogP contribution in [-0.4, -0.2) is 17.1 Å². The van der Waals surface area contributed by atoms with E-state index < -0.39 is 11.7 Å². The average molecular weight is 360 g/mol. The summed E-state index contributed by atoms with van der Waals surface area (Å²) in [6.07, 6.45) is -3.82. The van der Waals surface area contributed by atoms with Gasteiger partial charge in [-0.15, -0.1) is 0 Å². The number of para-hydroxylation sites is 1. The van der Waals surface area contributed by atoms with Crippen molar-refractivity contribution in [3.63, 3.8) is 0 Å². The fraction of sp³-hybridized carbons (Fsp3) is 0.111. The summed E-state index contributed by atoms with van der Waals surface area (Å²) >= 11 is 0. The van der Waals surface area contributed by atoms with Crippen LogP contribution >= 0.6 is 0 Å². The maximum atomic E-state index is 13.2. The van der Waals surface area contributed by atoms with Gasteiger partial charge in [-0.3, -0.25) is 0 Å². The highest BCUT2D eigenvalue weighted by Crippen LogP contribution is 2.35. The highest BCUT2D eigenvalue weighted by molar-refractivity contribution is 5.63. The van der Waals surface area contributed by atoms with Gasteiger partial charge in [-0.1, -0.05) is 18.2 Å². The van der Waals surface area contributed by atoms with Crippen molar-refractivity contribution < 1.29 is 17.9 Å². The van der Waals surface area contributed by atoms with Crippen molar-refractivity contribution in [2.45, 2.75) is 6.18 Å². The fourth-order valence-corrected chi connectivity index (χ4v) is 2.21. The molecule has 0 fully saturated rings. The largest absolute Gasteiger partial charge is 0.497 e. The molecule has 1 heterocycles. The van der Waals surface area contributed by atoms with E-state index in [1.807, 2.05) is 0 Å². The molecule has 0 aliphatic carbocycles. The molecule has 0 aliphatic heterocycles. The molecule has 0 unspecified atom stereocenters. The minimum Gasteiger partial charge on any atom is -0.497 e. The Labute approximate surface area is 147 Å². The number of aromatic nitrogens is 2. The first-order valence-electron chi connectivity index (χ1n) is 7.63. The highest BCUT2D eigenvalue weighted by atomic mass is 19.4. The lowest BCUT2D eigenvalue weighted by Gasteiger charge is -2.15. The summed E-state index contributed by atoms with van der Waals surface area (Å²) in [5, 5.41) is 5.57. The van der Waals surface area contributed by atoms with E-state index in [0.717, 1.165) is 6.20 Å². The van der Waals surface area contributed by atoms with Crippen LogP contribution in [0.3, 0.4) is 0 Å². The second-order valence-electron chi connectivity index (χ2n) is 5.30. The second kappa shape index (κ2) is 7.30. The standard InChI is InChI=1S/C18H15F3N4O/c1-26-14-9-7-13(8-10-14)24-17-22-11-15(18(19,20)21)16(25-17)23-12-5-3-2-4-6-12/h2-11H,1H3,(H2,22,23,24,25). The van der Waals surface area contributed by atoms with Crippen LogP contribution in [0.5, 0.6) is 5.75 Å². The number of anilines is 4. The summed E-state index contributed by atoms with van der Waals surface area (Å²) in [6.45, 7) is 0. The van der Waals surface area contributed by atoms with Gasteiger partial charge in [0.05, 0.1) is 7.11 Å². The normalized spacial score (nSPS) is 11.1. The Morgan fingerprint density at radius 1 is 0.885 bits per heavy atom. The number of hydrogen-bond acceptors (Lipinski definition) is 5. The topological polar surface area (TPSA) is 59.1 Å². The molecule has 0 atom stereocenters. The zero-order valence-electron chi connectivity index (χ0n) is 13.7. The zero-order valence-corrected chi connectivity index (χ0v) is 13.7. The molecule has 2 aromatic carbocycles. The van der Waals surface area contributed by atoms with E-state index in [1.165, 1.54) is 0 Å². The first-order valence-corrected chi connectivity index (χ1v) is 7.63. The second-order valence-corrected chi connectivity index (χ2v) is 5.30. The predicted molar refractivity (Wildman–Crippen MR) is 93.0 cm³/mol. The summed E-state index contributed by atoms with van der Waals surface area (Å²) in [5.74, 6) is 0.381. The van der Waals surface area contributed by atoms with Gasteiger partial charge in [-0.2, -0.15) is 18.2 Å². The number of halogens is 3. The molecule has 26 heavy (non-hydrogen) atoms. The quantitative estimate of drug-likeness (QED) is 0.671. The van der Waals surface area contributed by atoms with Gasteiger partial charge in [0.25, 0.3) is 0 Å². The fourth-order valence-electron chi connectivity index (χ4n) is 2.21. The van der Waals surface area contributed by atoms with Crippen LogP contribution in [0.2, 0.25) is 0 Å². The van der Waals surface area contributed by atoms with Gasteiger partial charge in [0.15, 0.2) is 0 Å². The number of nitrogens with one attached hydrogen (secondary N) is 2. The third-order valence-corrected chi connectivity index (χ3v) is 3.48. The van der Waals surface area contributed by atoms with Crippen molar-refractivity contribution in [1.29, 1.82) is 0 Å². The van der Waals surface area contributed by atoms with Crippen LogP contribution in [0.25, 0.3) is 0 Å². The lowest BCUT2D eigenvalue weighted by atomic mass is 10.2. The maximum Gasteiger partial charge on any atom is 0.421 e. The van der Waals surface area contributed by atoms with Crippen molar-refractivity contribution >= 4 is 23.1 Å². The Hall–Kier alpha value is -3.29. The number of methoxy groups -OCH3 is 1. The molecule has 0 aliphatic rings.